The second-order valence-electron chi connectivity index (χ2n) is 4.85. The molecule has 18 heavy (non-hydrogen) atoms. The summed E-state index contributed by atoms with van der Waals surface area (Å²) >= 11 is 0. The molecule has 1 atom stereocenters. The first kappa shape index (κ1) is 12.7. The SMILES string of the molecule is CCC1(C(=O)O)CCN(C(=O)c2occc2C)C1. The summed E-state index contributed by atoms with van der Waals surface area (Å²) in [6, 6.07) is 1.73. The summed E-state index contributed by atoms with van der Waals surface area (Å²) in [4.78, 5) is 25.1. The number of aliphatic carboxylic acids is 1. The van der Waals surface area contributed by atoms with E-state index in [2.05, 4.69) is 0 Å². The average molecular weight is 251 g/mol. The molecule has 1 aliphatic heterocycles. The van der Waals surface area contributed by atoms with Gasteiger partial charge in [0.2, 0.25) is 0 Å². The van der Waals surface area contributed by atoms with E-state index in [1.54, 1.807) is 17.9 Å². The summed E-state index contributed by atoms with van der Waals surface area (Å²) in [5, 5.41) is 9.29. The van der Waals surface area contributed by atoms with Crippen molar-refractivity contribution in [3.05, 3.63) is 23.7 Å². The van der Waals surface area contributed by atoms with Crippen LogP contribution in [0.2, 0.25) is 0 Å². The summed E-state index contributed by atoms with van der Waals surface area (Å²) in [5.41, 5.74) is -0.0137. The first-order chi connectivity index (χ1) is 8.50. The van der Waals surface area contributed by atoms with Crippen molar-refractivity contribution in [2.45, 2.75) is 26.7 Å². The predicted octanol–water partition coefficient (Wildman–Crippen LogP) is 1.91. The summed E-state index contributed by atoms with van der Waals surface area (Å²) in [6.07, 6.45) is 2.51. The second kappa shape index (κ2) is 4.48. The van der Waals surface area contributed by atoms with Crippen LogP contribution in [0, 0.1) is 12.3 Å². The molecule has 1 fully saturated rings. The van der Waals surface area contributed by atoms with Crippen molar-refractivity contribution in [3.8, 4) is 0 Å². The van der Waals surface area contributed by atoms with Gasteiger partial charge in [-0.3, -0.25) is 9.59 Å². The molecule has 2 rings (SSSR count). The zero-order valence-corrected chi connectivity index (χ0v) is 10.6. The summed E-state index contributed by atoms with van der Waals surface area (Å²) in [6.45, 7) is 4.38. The minimum absolute atomic E-state index is 0.214. The lowest BCUT2D eigenvalue weighted by atomic mass is 9.84. The van der Waals surface area contributed by atoms with Gasteiger partial charge >= 0.3 is 5.97 Å². The molecule has 0 radical (unpaired) electrons. The topological polar surface area (TPSA) is 70.8 Å². The molecule has 0 spiro atoms. The Balaban J connectivity index is 2.17. The van der Waals surface area contributed by atoms with Gasteiger partial charge in [0, 0.05) is 18.7 Å². The van der Waals surface area contributed by atoms with Crippen LogP contribution in [-0.2, 0) is 4.79 Å². The Kier molecular flexibility index (Phi) is 3.15. The number of carboxylic acids is 1. The number of amides is 1. The van der Waals surface area contributed by atoms with E-state index in [1.807, 2.05) is 6.92 Å². The number of carbonyl (C=O) groups excluding carboxylic acids is 1. The summed E-state index contributed by atoms with van der Waals surface area (Å²) < 4.78 is 5.16. The van der Waals surface area contributed by atoms with Crippen molar-refractivity contribution in [1.82, 2.24) is 4.90 Å². The van der Waals surface area contributed by atoms with Gasteiger partial charge in [0.15, 0.2) is 5.76 Å². The van der Waals surface area contributed by atoms with Crippen molar-refractivity contribution in [2.24, 2.45) is 5.41 Å². The molecule has 0 aliphatic carbocycles. The Labute approximate surface area is 105 Å². The van der Waals surface area contributed by atoms with E-state index in [0.29, 0.717) is 25.1 Å². The molecule has 1 unspecified atom stereocenters. The largest absolute Gasteiger partial charge is 0.481 e. The Hall–Kier alpha value is -1.78. The predicted molar refractivity (Wildman–Crippen MR) is 64.3 cm³/mol. The van der Waals surface area contributed by atoms with E-state index in [1.165, 1.54) is 6.26 Å². The van der Waals surface area contributed by atoms with E-state index in [9.17, 15) is 14.7 Å². The zero-order chi connectivity index (χ0) is 13.3. The van der Waals surface area contributed by atoms with Crippen molar-refractivity contribution in [1.29, 1.82) is 0 Å². The number of carboxylic acid groups (broad SMARTS) is 1. The number of hydrogen-bond donors (Lipinski definition) is 1. The lowest BCUT2D eigenvalue weighted by molar-refractivity contribution is -0.148. The van der Waals surface area contributed by atoms with Crippen LogP contribution in [0.15, 0.2) is 16.7 Å². The average Bonchev–Trinajstić information content (AvgIpc) is 2.95. The number of furan rings is 1. The van der Waals surface area contributed by atoms with Crippen LogP contribution in [0.25, 0.3) is 0 Å². The first-order valence-corrected chi connectivity index (χ1v) is 6.07. The smallest absolute Gasteiger partial charge is 0.311 e. The van der Waals surface area contributed by atoms with E-state index in [0.717, 1.165) is 5.56 Å². The van der Waals surface area contributed by atoms with Gasteiger partial charge in [-0.05, 0) is 25.8 Å². The molecule has 0 bridgehead atoms. The van der Waals surface area contributed by atoms with E-state index in [-0.39, 0.29) is 12.5 Å². The van der Waals surface area contributed by atoms with Gasteiger partial charge in [0.05, 0.1) is 11.7 Å². The van der Waals surface area contributed by atoms with E-state index in [4.69, 9.17) is 4.42 Å². The van der Waals surface area contributed by atoms with Crippen LogP contribution in [0.4, 0.5) is 0 Å². The lowest BCUT2D eigenvalue weighted by Crippen LogP contribution is -2.36. The summed E-state index contributed by atoms with van der Waals surface area (Å²) in [7, 11) is 0. The van der Waals surface area contributed by atoms with Gasteiger partial charge in [-0.1, -0.05) is 6.92 Å². The molecule has 5 nitrogen and oxygen atoms in total. The van der Waals surface area contributed by atoms with Gasteiger partial charge in [0.1, 0.15) is 0 Å². The molecule has 0 aromatic carbocycles. The van der Waals surface area contributed by atoms with Crippen LogP contribution in [-0.4, -0.2) is 35.0 Å². The monoisotopic (exact) mass is 251 g/mol. The number of nitrogens with zero attached hydrogens (tertiary/aromatic N) is 1. The lowest BCUT2D eigenvalue weighted by Gasteiger charge is -2.22. The standard InChI is InChI=1S/C13H17NO4/c1-3-13(12(16)17)5-6-14(8-13)11(15)10-9(2)4-7-18-10/h4,7H,3,5-6,8H2,1-2H3,(H,16,17). The van der Waals surface area contributed by atoms with Gasteiger partial charge < -0.3 is 14.4 Å². The molecule has 1 aliphatic rings. The molecular weight excluding hydrogens is 234 g/mol. The maximum absolute atomic E-state index is 12.2. The van der Waals surface area contributed by atoms with Crippen LogP contribution in [0.1, 0.15) is 35.9 Å². The first-order valence-electron chi connectivity index (χ1n) is 6.07. The second-order valence-corrected chi connectivity index (χ2v) is 4.85. The minimum Gasteiger partial charge on any atom is -0.481 e. The normalized spacial score (nSPS) is 23.3. The maximum atomic E-state index is 12.2. The quantitative estimate of drug-likeness (QED) is 0.890. The van der Waals surface area contributed by atoms with Gasteiger partial charge in [-0.15, -0.1) is 0 Å². The number of aryl methyl sites for hydroxylation is 1. The van der Waals surface area contributed by atoms with Crippen molar-refractivity contribution in [3.63, 3.8) is 0 Å². The number of rotatable bonds is 3. The van der Waals surface area contributed by atoms with Gasteiger partial charge in [-0.2, -0.15) is 0 Å². The third kappa shape index (κ3) is 1.89. The fourth-order valence-corrected chi connectivity index (χ4v) is 2.40. The molecule has 0 saturated carbocycles. The van der Waals surface area contributed by atoms with Gasteiger partial charge in [-0.25, -0.2) is 0 Å². The van der Waals surface area contributed by atoms with Crippen molar-refractivity contribution in [2.75, 3.05) is 13.1 Å². The molecule has 5 heteroatoms. The molecule has 1 aromatic rings. The molecule has 1 amide bonds. The minimum atomic E-state index is -0.823. The fraction of sp³-hybridized carbons (Fsp3) is 0.538. The highest BCUT2D eigenvalue weighted by molar-refractivity contribution is 5.93. The van der Waals surface area contributed by atoms with Crippen LogP contribution < -0.4 is 0 Å². The van der Waals surface area contributed by atoms with Crippen molar-refractivity contribution < 1.29 is 19.1 Å². The third-order valence-corrected chi connectivity index (χ3v) is 3.83. The Morgan fingerprint density at radius 1 is 1.56 bits per heavy atom. The van der Waals surface area contributed by atoms with Crippen molar-refractivity contribution >= 4 is 11.9 Å². The molecule has 98 valence electrons. The van der Waals surface area contributed by atoms with E-state index < -0.39 is 11.4 Å². The van der Waals surface area contributed by atoms with E-state index >= 15 is 0 Å². The van der Waals surface area contributed by atoms with Gasteiger partial charge in [0.25, 0.3) is 5.91 Å². The molecule has 1 saturated heterocycles. The molecule has 1 aromatic heterocycles. The Bertz CT molecular complexity index is 479. The summed E-state index contributed by atoms with van der Waals surface area (Å²) in [5.74, 6) is -0.724. The highest BCUT2D eigenvalue weighted by Crippen LogP contribution is 2.35. The zero-order valence-electron chi connectivity index (χ0n) is 10.6. The van der Waals surface area contributed by atoms with Crippen LogP contribution in [0.5, 0.6) is 0 Å². The Morgan fingerprint density at radius 2 is 2.28 bits per heavy atom. The maximum Gasteiger partial charge on any atom is 0.311 e. The third-order valence-electron chi connectivity index (χ3n) is 3.83. The number of carbonyl (C=O) groups is 2. The highest BCUT2D eigenvalue weighted by atomic mass is 16.4. The Morgan fingerprint density at radius 3 is 2.72 bits per heavy atom. The molecular formula is C13H17NO4. The number of likely N-dealkylation sites (tertiary alicyclic amines) is 1. The molecule has 1 N–H and O–H groups in total. The van der Waals surface area contributed by atoms with Crippen LogP contribution >= 0.6 is 0 Å². The highest BCUT2D eigenvalue weighted by Gasteiger charge is 2.45. The number of hydrogen-bond acceptors (Lipinski definition) is 3. The molecule has 2 heterocycles. The fourth-order valence-electron chi connectivity index (χ4n) is 2.40. The van der Waals surface area contributed by atoms with Crippen LogP contribution in [0.3, 0.4) is 0 Å².